The zero-order valence-corrected chi connectivity index (χ0v) is 20.8. The standard InChI is InChI=1S/C27H33NO9/c29-25-23-8-4-5-9-24(23)26(30)28(25)10-11-32-12-13-33-14-15-34-16-17-35-18-19-36-20-21-37-27(31)22-6-2-1-3-7-22/h1-9H,10-21H2. The second-order valence-corrected chi connectivity index (χ2v) is 7.87. The fraction of sp³-hybridized carbons (Fsp3) is 0.444. The Hall–Kier alpha value is -3.15. The molecule has 2 amide bonds. The molecule has 0 radical (unpaired) electrons. The van der Waals surface area contributed by atoms with E-state index in [9.17, 15) is 14.4 Å². The summed E-state index contributed by atoms with van der Waals surface area (Å²) in [7, 11) is 0. The van der Waals surface area contributed by atoms with Crippen LogP contribution in [0, 0.1) is 0 Å². The lowest BCUT2D eigenvalue weighted by Crippen LogP contribution is -2.33. The highest BCUT2D eigenvalue weighted by molar-refractivity contribution is 6.21. The minimum atomic E-state index is -0.367. The molecule has 1 aliphatic rings. The highest BCUT2D eigenvalue weighted by atomic mass is 16.6. The Morgan fingerprint density at radius 2 is 0.946 bits per heavy atom. The molecule has 37 heavy (non-hydrogen) atoms. The van der Waals surface area contributed by atoms with Gasteiger partial charge in [0.25, 0.3) is 11.8 Å². The number of carbonyl (C=O) groups is 3. The smallest absolute Gasteiger partial charge is 0.338 e. The van der Waals surface area contributed by atoms with Crippen LogP contribution in [0.4, 0.5) is 0 Å². The van der Waals surface area contributed by atoms with Crippen molar-refractivity contribution in [3.05, 3.63) is 71.3 Å². The van der Waals surface area contributed by atoms with Crippen LogP contribution in [0.2, 0.25) is 0 Å². The summed E-state index contributed by atoms with van der Waals surface area (Å²) in [6.07, 6.45) is 0. The van der Waals surface area contributed by atoms with Crippen molar-refractivity contribution >= 4 is 17.8 Å². The third kappa shape index (κ3) is 9.67. The van der Waals surface area contributed by atoms with Gasteiger partial charge in [0.1, 0.15) is 6.61 Å². The Morgan fingerprint density at radius 3 is 1.43 bits per heavy atom. The number of hydrogen-bond donors (Lipinski definition) is 0. The highest BCUT2D eigenvalue weighted by Gasteiger charge is 2.34. The lowest BCUT2D eigenvalue weighted by atomic mass is 10.1. The number of fused-ring (bicyclic) bond motifs is 1. The van der Waals surface area contributed by atoms with Gasteiger partial charge < -0.3 is 28.4 Å². The predicted octanol–water partition coefficient (Wildman–Crippen LogP) is 2.22. The Balaban J connectivity index is 1.04. The van der Waals surface area contributed by atoms with Crippen LogP contribution in [-0.4, -0.2) is 102 Å². The number of amides is 2. The molecule has 3 rings (SSSR count). The summed E-state index contributed by atoms with van der Waals surface area (Å²) in [5.41, 5.74) is 1.39. The molecule has 0 atom stereocenters. The summed E-state index contributed by atoms with van der Waals surface area (Å²) in [5, 5.41) is 0. The van der Waals surface area contributed by atoms with E-state index in [1.54, 1.807) is 48.5 Å². The summed E-state index contributed by atoms with van der Waals surface area (Å²) >= 11 is 0. The molecule has 1 heterocycles. The number of hydrogen-bond acceptors (Lipinski definition) is 9. The summed E-state index contributed by atoms with van der Waals surface area (Å²) in [6, 6.07) is 15.6. The van der Waals surface area contributed by atoms with Crippen LogP contribution in [0.3, 0.4) is 0 Å². The van der Waals surface area contributed by atoms with Crippen LogP contribution in [0.5, 0.6) is 0 Å². The van der Waals surface area contributed by atoms with Crippen molar-refractivity contribution < 1.29 is 42.8 Å². The molecule has 10 nitrogen and oxygen atoms in total. The maximum atomic E-state index is 12.3. The van der Waals surface area contributed by atoms with E-state index in [1.807, 2.05) is 6.07 Å². The Labute approximate surface area is 216 Å². The molecule has 0 bridgehead atoms. The fourth-order valence-corrected chi connectivity index (χ4v) is 3.43. The van der Waals surface area contributed by atoms with Gasteiger partial charge in [-0.15, -0.1) is 0 Å². The van der Waals surface area contributed by atoms with Crippen molar-refractivity contribution in [2.45, 2.75) is 0 Å². The molecule has 10 heteroatoms. The third-order valence-corrected chi connectivity index (χ3v) is 5.30. The lowest BCUT2D eigenvalue weighted by molar-refractivity contribution is -0.0156. The molecule has 0 aromatic heterocycles. The van der Waals surface area contributed by atoms with Crippen molar-refractivity contribution in [1.29, 1.82) is 0 Å². The number of esters is 1. The van der Waals surface area contributed by atoms with Crippen molar-refractivity contribution in [3.8, 4) is 0 Å². The number of nitrogens with zero attached hydrogens (tertiary/aromatic N) is 1. The summed E-state index contributed by atoms with van der Waals surface area (Å²) < 4.78 is 32.2. The minimum Gasteiger partial charge on any atom is -0.460 e. The predicted molar refractivity (Wildman–Crippen MR) is 133 cm³/mol. The van der Waals surface area contributed by atoms with E-state index in [0.717, 1.165) is 0 Å². The molecule has 1 aliphatic heterocycles. The SMILES string of the molecule is O=C(OCCOCCOCCOCCOCCOCCN1C(=O)c2ccccc2C1=O)c1ccccc1. The van der Waals surface area contributed by atoms with Gasteiger partial charge in [0.05, 0.1) is 89.3 Å². The first kappa shape index (κ1) is 28.4. The maximum absolute atomic E-state index is 12.3. The van der Waals surface area contributed by atoms with E-state index in [4.69, 9.17) is 28.4 Å². The molecule has 0 unspecified atom stereocenters. The van der Waals surface area contributed by atoms with E-state index in [-0.39, 0.29) is 37.5 Å². The third-order valence-electron chi connectivity index (χ3n) is 5.30. The first-order valence-electron chi connectivity index (χ1n) is 12.2. The fourth-order valence-electron chi connectivity index (χ4n) is 3.43. The van der Waals surface area contributed by atoms with Crippen molar-refractivity contribution in [2.75, 3.05) is 79.2 Å². The van der Waals surface area contributed by atoms with Crippen molar-refractivity contribution in [3.63, 3.8) is 0 Å². The summed E-state index contributed by atoms with van der Waals surface area (Å²) in [5.74, 6) is -0.930. The van der Waals surface area contributed by atoms with Gasteiger partial charge >= 0.3 is 5.97 Å². The molecule has 0 saturated carbocycles. The first-order valence-corrected chi connectivity index (χ1v) is 12.2. The molecule has 0 N–H and O–H groups in total. The molecule has 200 valence electrons. The second-order valence-electron chi connectivity index (χ2n) is 7.87. The van der Waals surface area contributed by atoms with Gasteiger partial charge in [-0.2, -0.15) is 0 Å². The second kappa shape index (κ2) is 16.6. The zero-order valence-electron chi connectivity index (χ0n) is 20.8. The van der Waals surface area contributed by atoms with Gasteiger partial charge in [0, 0.05) is 0 Å². The lowest BCUT2D eigenvalue weighted by Gasteiger charge is -2.13. The Kier molecular flexibility index (Phi) is 12.7. The van der Waals surface area contributed by atoms with E-state index in [0.29, 0.717) is 76.2 Å². The van der Waals surface area contributed by atoms with Crippen molar-refractivity contribution in [2.24, 2.45) is 0 Å². The molecule has 2 aromatic rings. The van der Waals surface area contributed by atoms with Gasteiger partial charge in [0.15, 0.2) is 0 Å². The van der Waals surface area contributed by atoms with Gasteiger partial charge in [-0.05, 0) is 24.3 Å². The van der Waals surface area contributed by atoms with Crippen molar-refractivity contribution in [1.82, 2.24) is 4.90 Å². The highest BCUT2D eigenvalue weighted by Crippen LogP contribution is 2.21. The monoisotopic (exact) mass is 515 g/mol. The number of imide groups is 1. The molecule has 0 saturated heterocycles. The van der Waals surface area contributed by atoms with Crippen LogP contribution in [-0.2, 0) is 28.4 Å². The first-order chi connectivity index (χ1) is 18.2. The zero-order chi connectivity index (χ0) is 26.1. The van der Waals surface area contributed by atoms with Gasteiger partial charge in [-0.3, -0.25) is 14.5 Å². The molecule has 0 spiro atoms. The molecule has 2 aromatic carbocycles. The largest absolute Gasteiger partial charge is 0.460 e. The number of ether oxygens (including phenoxy) is 6. The van der Waals surface area contributed by atoms with Crippen LogP contribution in [0.1, 0.15) is 31.1 Å². The van der Waals surface area contributed by atoms with E-state index < -0.39 is 0 Å². The van der Waals surface area contributed by atoms with E-state index in [1.165, 1.54) is 4.90 Å². The molecular formula is C27H33NO9. The van der Waals surface area contributed by atoms with E-state index in [2.05, 4.69) is 0 Å². The van der Waals surface area contributed by atoms with Crippen LogP contribution in [0.25, 0.3) is 0 Å². The normalized spacial score (nSPS) is 12.7. The van der Waals surface area contributed by atoms with Gasteiger partial charge in [-0.1, -0.05) is 30.3 Å². The average molecular weight is 516 g/mol. The van der Waals surface area contributed by atoms with Gasteiger partial charge in [-0.25, -0.2) is 4.79 Å². The van der Waals surface area contributed by atoms with Crippen LogP contribution >= 0.6 is 0 Å². The maximum Gasteiger partial charge on any atom is 0.338 e. The van der Waals surface area contributed by atoms with E-state index >= 15 is 0 Å². The van der Waals surface area contributed by atoms with Crippen LogP contribution in [0.15, 0.2) is 54.6 Å². The molecule has 0 fully saturated rings. The van der Waals surface area contributed by atoms with Gasteiger partial charge in [0.2, 0.25) is 0 Å². The molecule has 0 aliphatic carbocycles. The number of carbonyl (C=O) groups excluding carboxylic acids is 3. The average Bonchev–Trinajstić information content (AvgIpc) is 3.17. The summed E-state index contributed by atoms with van der Waals surface area (Å²) in [4.78, 5) is 37.5. The number of benzene rings is 2. The summed E-state index contributed by atoms with van der Waals surface area (Å²) in [6.45, 7) is 4.27. The minimum absolute atomic E-state index is 0.189. The quantitative estimate of drug-likeness (QED) is 0.158. The number of rotatable bonds is 19. The topological polar surface area (TPSA) is 110 Å². The Bertz CT molecular complexity index is 948. The Morgan fingerprint density at radius 1 is 0.541 bits per heavy atom. The van der Waals surface area contributed by atoms with Crippen LogP contribution < -0.4 is 0 Å². The molecular weight excluding hydrogens is 482 g/mol.